The van der Waals surface area contributed by atoms with Crippen LogP contribution in [0.1, 0.15) is 12.0 Å². The number of anilines is 2. The molecule has 20 heavy (non-hydrogen) atoms. The van der Waals surface area contributed by atoms with E-state index in [1.807, 2.05) is 6.07 Å². The molecule has 1 atom stereocenters. The Bertz CT molecular complexity index is 624. The van der Waals surface area contributed by atoms with Gasteiger partial charge in [-0.15, -0.1) is 0 Å². The van der Waals surface area contributed by atoms with Crippen molar-refractivity contribution >= 4 is 34.9 Å². The van der Waals surface area contributed by atoms with Crippen LogP contribution in [0.15, 0.2) is 12.1 Å². The molecule has 2 N–H and O–H groups in total. The van der Waals surface area contributed by atoms with Crippen molar-refractivity contribution in [3.05, 3.63) is 22.7 Å². The maximum Gasteiger partial charge on any atom is 0.311 e. The van der Waals surface area contributed by atoms with E-state index in [2.05, 4.69) is 4.74 Å². The fourth-order valence-corrected chi connectivity index (χ4v) is 2.40. The van der Waals surface area contributed by atoms with Crippen LogP contribution in [0.2, 0.25) is 5.02 Å². The van der Waals surface area contributed by atoms with Gasteiger partial charge in [-0.05, 0) is 12.1 Å². The summed E-state index contributed by atoms with van der Waals surface area (Å²) in [7, 11) is 1.28. The number of carbonyl (C=O) groups is 2. The first-order valence-electron chi connectivity index (χ1n) is 5.85. The Morgan fingerprint density at radius 2 is 2.30 bits per heavy atom. The molecule has 1 aliphatic heterocycles. The monoisotopic (exact) mass is 293 g/mol. The van der Waals surface area contributed by atoms with Gasteiger partial charge in [0, 0.05) is 13.0 Å². The Labute approximate surface area is 120 Å². The minimum absolute atomic E-state index is 0.0661. The van der Waals surface area contributed by atoms with Gasteiger partial charge in [-0.3, -0.25) is 9.59 Å². The number of amides is 1. The Morgan fingerprint density at radius 1 is 1.60 bits per heavy atom. The number of methoxy groups -OCH3 is 1. The van der Waals surface area contributed by atoms with Crippen LogP contribution < -0.4 is 10.6 Å². The molecule has 0 saturated carbocycles. The maximum atomic E-state index is 12.0. The lowest BCUT2D eigenvalue weighted by atomic mass is 10.1. The van der Waals surface area contributed by atoms with Gasteiger partial charge in [0.25, 0.3) is 0 Å². The van der Waals surface area contributed by atoms with Crippen molar-refractivity contribution in [2.75, 3.05) is 24.3 Å². The molecule has 0 aliphatic carbocycles. The zero-order valence-electron chi connectivity index (χ0n) is 10.7. The van der Waals surface area contributed by atoms with Crippen LogP contribution in [0.3, 0.4) is 0 Å². The van der Waals surface area contributed by atoms with Crippen LogP contribution in [0, 0.1) is 17.2 Å². The molecule has 6 nitrogen and oxygen atoms in total. The molecule has 0 spiro atoms. The Balaban J connectivity index is 2.36. The van der Waals surface area contributed by atoms with E-state index in [1.54, 1.807) is 6.07 Å². The molecule has 1 heterocycles. The number of nitrogen functional groups attached to an aromatic ring is 1. The van der Waals surface area contributed by atoms with Gasteiger partial charge in [0.2, 0.25) is 5.91 Å². The maximum absolute atomic E-state index is 12.0. The number of nitrogens with two attached hydrogens (primary N) is 1. The minimum Gasteiger partial charge on any atom is -0.469 e. The average molecular weight is 294 g/mol. The highest BCUT2D eigenvalue weighted by molar-refractivity contribution is 6.32. The summed E-state index contributed by atoms with van der Waals surface area (Å²) in [6, 6.07) is 4.97. The third-order valence-electron chi connectivity index (χ3n) is 3.23. The summed E-state index contributed by atoms with van der Waals surface area (Å²) in [4.78, 5) is 24.9. The highest BCUT2D eigenvalue weighted by Gasteiger charge is 2.36. The molecular formula is C13H12ClN3O3. The van der Waals surface area contributed by atoms with E-state index in [0.717, 1.165) is 0 Å². The van der Waals surface area contributed by atoms with Crippen molar-refractivity contribution in [2.45, 2.75) is 6.42 Å². The summed E-state index contributed by atoms with van der Waals surface area (Å²) in [6.45, 7) is 0.183. The summed E-state index contributed by atoms with van der Waals surface area (Å²) >= 11 is 5.87. The van der Waals surface area contributed by atoms with Gasteiger partial charge in [-0.25, -0.2) is 0 Å². The molecule has 1 amide bonds. The second-order valence-corrected chi connectivity index (χ2v) is 4.80. The molecule has 0 aromatic heterocycles. The summed E-state index contributed by atoms with van der Waals surface area (Å²) < 4.78 is 4.64. The molecule has 1 unspecified atom stereocenters. The fourth-order valence-electron chi connectivity index (χ4n) is 2.20. The topological polar surface area (TPSA) is 96.4 Å². The highest BCUT2D eigenvalue weighted by atomic mass is 35.5. The lowest BCUT2D eigenvalue weighted by molar-refractivity contribution is -0.145. The number of ether oxygens (including phenoxy) is 1. The molecule has 1 aromatic rings. The van der Waals surface area contributed by atoms with Gasteiger partial charge in [0.15, 0.2) is 0 Å². The van der Waals surface area contributed by atoms with Crippen LogP contribution >= 0.6 is 11.6 Å². The van der Waals surface area contributed by atoms with Crippen LogP contribution in [-0.2, 0) is 14.3 Å². The van der Waals surface area contributed by atoms with Gasteiger partial charge < -0.3 is 15.4 Å². The normalized spacial score (nSPS) is 17.9. The van der Waals surface area contributed by atoms with Crippen molar-refractivity contribution in [3.63, 3.8) is 0 Å². The third-order valence-corrected chi connectivity index (χ3v) is 3.55. The predicted octanol–water partition coefficient (Wildman–Crippen LogP) is 1.32. The molecule has 0 bridgehead atoms. The van der Waals surface area contributed by atoms with Crippen molar-refractivity contribution in [1.29, 1.82) is 5.26 Å². The van der Waals surface area contributed by atoms with E-state index >= 15 is 0 Å². The first-order valence-corrected chi connectivity index (χ1v) is 6.23. The molecule has 1 saturated heterocycles. The SMILES string of the molecule is COC(=O)C1CC(=O)N(c2ccc(Cl)c(C#N)c2N)C1. The molecule has 1 aromatic carbocycles. The van der Waals surface area contributed by atoms with Gasteiger partial charge in [-0.2, -0.15) is 5.26 Å². The van der Waals surface area contributed by atoms with Crippen molar-refractivity contribution < 1.29 is 14.3 Å². The van der Waals surface area contributed by atoms with E-state index < -0.39 is 11.9 Å². The van der Waals surface area contributed by atoms with Crippen LogP contribution in [-0.4, -0.2) is 25.5 Å². The summed E-state index contributed by atoms with van der Waals surface area (Å²) in [5.74, 6) is -1.19. The second-order valence-electron chi connectivity index (χ2n) is 4.40. The fraction of sp³-hybridized carbons (Fsp3) is 0.308. The molecule has 1 aliphatic rings. The Hall–Kier alpha value is -2.26. The number of nitrogens with zero attached hydrogens (tertiary/aromatic N) is 2. The number of halogens is 1. The number of hydrogen-bond acceptors (Lipinski definition) is 5. The Morgan fingerprint density at radius 3 is 2.90 bits per heavy atom. The molecular weight excluding hydrogens is 282 g/mol. The number of rotatable bonds is 2. The first kappa shape index (κ1) is 14.2. The van der Waals surface area contributed by atoms with Gasteiger partial charge >= 0.3 is 5.97 Å². The number of esters is 1. The van der Waals surface area contributed by atoms with Gasteiger partial charge in [0.1, 0.15) is 6.07 Å². The standard InChI is InChI=1S/C13H12ClN3O3/c1-20-13(19)7-4-11(18)17(6-7)10-3-2-9(14)8(5-15)12(10)16/h2-3,7H,4,6,16H2,1H3. The van der Waals surface area contributed by atoms with E-state index in [1.165, 1.54) is 18.1 Å². The molecule has 104 valence electrons. The molecule has 0 radical (unpaired) electrons. The summed E-state index contributed by atoms with van der Waals surface area (Å²) in [5, 5.41) is 9.25. The van der Waals surface area contributed by atoms with E-state index in [0.29, 0.717) is 5.69 Å². The number of nitriles is 1. The first-order chi connectivity index (χ1) is 9.49. The molecule has 2 rings (SSSR count). The van der Waals surface area contributed by atoms with Crippen LogP contribution in [0.4, 0.5) is 11.4 Å². The Kier molecular flexibility index (Phi) is 3.81. The van der Waals surface area contributed by atoms with Crippen molar-refractivity contribution in [2.24, 2.45) is 5.92 Å². The van der Waals surface area contributed by atoms with E-state index in [-0.39, 0.29) is 35.1 Å². The van der Waals surface area contributed by atoms with Gasteiger partial charge in [-0.1, -0.05) is 11.6 Å². The molecule has 1 fully saturated rings. The zero-order chi connectivity index (χ0) is 14.9. The zero-order valence-corrected chi connectivity index (χ0v) is 11.5. The third kappa shape index (κ3) is 2.28. The quantitative estimate of drug-likeness (QED) is 0.655. The van der Waals surface area contributed by atoms with Crippen molar-refractivity contribution in [3.8, 4) is 6.07 Å². The number of hydrogen-bond donors (Lipinski definition) is 1. The van der Waals surface area contributed by atoms with Crippen LogP contribution in [0.25, 0.3) is 0 Å². The molecule has 7 heteroatoms. The smallest absolute Gasteiger partial charge is 0.311 e. The lowest BCUT2D eigenvalue weighted by Gasteiger charge is -2.19. The minimum atomic E-state index is -0.520. The lowest BCUT2D eigenvalue weighted by Crippen LogP contribution is -2.27. The largest absolute Gasteiger partial charge is 0.469 e. The highest BCUT2D eigenvalue weighted by Crippen LogP contribution is 2.35. The van der Waals surface area contributed by atoms with E-state index in [9.17, 15) is 9.59 Å². The summed E-state index contributed by atoms with van der Waals surface area (Å²) in [6.07, 6.45) is 0.0661. The van der Waals surface area contributed by atoms with Gasteiger partial charge in [0.05, 0.1) is 35.0 Å². The average Bonchev–Trinajstić information content (AvgIpc) is 2.80. The predicted molar refractivity (Wildman–Crippen MR) is 73.1 cm³/mol. The number of carbonyl (C=O) groups excluding carboxylic acids is 2. The van der Waals surface area contributed by atoms with Crippen LogP contribution in [0.5, 0.6) is 0 Å². The number of benzene rings is 1. The van der Waals surface area contributed by atoms with E-state index in [4.69, 9.17) is 22.6 Å². The second kappa shape index (κ2) is 5.39. The van der Waals surface area contributed by atoms with Crippen molar-refractivity contribution in [1.82, 2.24) is 0 Å². The summed E-state index contributed by atoms with van der Waals surface area (Å²) in [5.41, 5.74) is 6.53.